The van der Waals surface area contributed by atoms with Crippen molar-refractivity contribution in [2.24, 2.45) is 0 Å². The van der Waals surface area contributed by atoms with Crippen LogP contribution < -0.4 is 5.73 Å². The number of fused-ring (bicyclic) bond motifs is 1. The van der Waals surface area contributed by atoms with Gasteiger partial charge in [0.2, 0.25) is 0 Å². The van der Waals surface area contributed by atoms with Crippen molar-refractivity contribution in [1.82, 2.24) is 19.5 Å². The third-order valence-corrected chi connectivity index (χ3v) is 3.05. The van der Waals surface area contributed by atoms with Crippen LogP contribution in [-0.4, -0.2) is 19.5 Å². The number of hydrogen-bond donors (Lipinski definition) is 1. The lowest BCUT2D eigenvalue weighted by Gasteiger charge is -2.08. The number of nitrogens with zero attached hydrogens (tertiary/aromatic N) is 4. The van der Waals surface area contributed by atoms with E-state index in [2.05, 4.69) is 35.7 Å². The van der Waals surface area contributed by atoms with E-state index in [1.54, 1.807) is 6.33 Å². The highest BCUT2D eigenvalue weighted by molar-refractivity contribution is 5.81. The fourth-order valence-electron chi connectivity index (χ4n) is 2.01. The van der Waals surface area contributed by atoms with E-state index in [1.165, 1.54) is 12.8 Å². The van der Waals surface area contributed by atoms with E-state index in [-0.39, 0.29) is 0 Å². The first-order valence-electron chi connectivity index (χ1n) is 6.62. The van der Waals surface area contributed by atoms with E-state index in [0.29, 0.717) is 17.4 Å². The highest BCUT2D eigenvalue weighted by atomic mass is 15.1. The van der Waals surface area contributed by atoms with Crippen LogP contribution in [0.25, 0.3) is 11.2 Å². The Kier molecular flexibility index (Phi) is 3.79. The molecule has 5 heteroatoms. The molecular formula is C13H21N5. The summed E-state index contributed by atoms with van der Waals surface area (Å²) in [5.41, 5.74) is 7.51. The molecule has 0 amide bonds. The summed E-state index contributed by atoms with van der Waals surface area (Å²) in [6, 6.07) is 0.327. The second kappa shape index (κ2) is 5.33. The first-order chi connectivity index (χ1) is 8.63. The highest BCUT2D eigenvalue weighted by Crippen LogP contribution is 2.20. The zero-order chi connectivity index (χ0) is 13.1. The van der Waals surface area contributed by atoms with Crippen LogP contribution in [0.15, 0.2) is 6.33 Å². The van der Waals surface area contributed by atoms with Gasteiger partial charge >= 0.3 is 0 Å². The maximum absolute atomic E-state index is 5.95. The molecule has 0 saturated heterocycles. The second-order valence-corrected chi connectivity index (χ2v) is 4.90. The quantitative estimate of drug-likeness (QED) is 0.825. The Morgan fingerprint density at radius 2 is 2.06 bits per heavy atom. The van der Waals surface area contributed by atoms with Gasteiger partial charge in [0.1, 0.15) is 11.3 Å². The lowest BCUT2D eigenvalue weighted by molar-refractivity contribution is 0.610. The van der Waals surface area contributed by atoms with E-state index in [9.17, 15) is 0 Å². The Labute approximate surface area is 107 Å². The van der Waals surface area contributed by atoms with Crippen LogP contribution >= 0.6 is 0 Å². The number of unbranched alkanes of at least 4 members (excludes halogenated alkanes) is 2. The van der Waals surface area contributed by atoms with E-state index < -0.39 is 0 Å². The van der Waals surface area contributed by atoms with E-state index in [4.69, 9.17) is 5.73 Å². The summed E-state index contributed by atoms with van der Waals surface area (Å²) >= 11 is 0. The van der Waals surface area contributed by atoms with Crippen molar-refractivity contribution in [3.05, 3.63) is 12.2 Å². The van der Waals surface area contributed by atoms with Crippen molar-refractivity contribution in [2.45, 2.75) is 52.5 Å². The Hall–Kier alpha value is -1.65. The highest BCUT2D eigenvalue weighted by Gasteiger charge is 2.12. The molecule has 0 atom stereocenters. The summed E-state index contributed by atoms with van der Waals surface area (Å²) in [5.74, 6) is 1.32. The molecule has 0 spiro atoms. The molecule has 0 aromatic carbocycles. The molecule has 2 aromatic heterocycles. The fraction of sp³-hybridized carbons (Fsp3) is 0.615. The minimum Gasteiger partial charge on any atom is -0.382 e. The van der Waals surface area contributed by atoms with Crippen LogP contribution in [-0.2, 0) is 6.42 Å². The van der Waals surface area contributed by atoms with Gasteiger partial charge in [0.25, 0.3) is 0 Å². The minimum atomic E-state index is 0.327. The first-order valence-corrected chi connectivity index (χ1v) is 6.62. The minimum absolute atomic E-state index is 0.327. The van der Waals surface area contributed by atoms with Gasteiger partial charge in [0.05, 0.1) is 6.33 Å². The van der Waals surface area contributed by atoms with Crippen molar-refractivity contribution in [2.75, 3.05) is 5.73 Å². The fourth-order valence-corrected chi connectivity index (χ4v) is 2.01. The van der Waals surface area contributed by atoms with E-state index >= 15 is 0 Å². The normalized spacial score (nSPS) is 11.6. The molecular weight excluding hydrogens is 226 g/mol. The van der Waals surface area contributed by atoms with Crippen LogP contribution in [0.3, 0.4) is 0 Å². The molecule has 0 aliphatic rings. The third kappa shape index (κ3) is 2.44. The van der Waals surface area contributed by atoms with Crippen LogP contribution in [0.1, 0.15) is 51.9 Å². The van der Waals surface area contributed by atoms with Crippen LogP contribution in [0.5, 0.6) is 0 Å². The number of aryl methyl sites for hydroxylation is 1. The molecule has 0 saturated carbocycles. The van der Waals surface area contributed by atoms with Crippen molar-refractivity contribution in [3.8, 4) is 0 Å². The molecule has 2 aromatic rings. The molecule has 2 rings (SSSR count). The molecule has 0 fully saturated rings. The third-order valence-electron chi connectivity index (χ3n) is 3.05. The largest absolute Gasteiger partial charge is 0.382 e. The van der Waals surface area contributed by atoms with Crippen molar-refractivity contribution in [1.29, 1.82) is 0 Å². The number of nitrogens with two attached hydrogens (primary N) is 1. The Balaban J connectivity index is 2.36. The van der Waals surface area contributed by atoms with E-state index in [1.807, 2.05) is 4.57 Å². The van der Waals surface area contributed by atoms with Crippen molar-refractivity contribution >= 4 is 17.0 Å². The summed E-state index contributed by atoms with van der Waals surface area (Å²) in [6.45, 7) is 6.40. The monoisotopic (exact) mass is 247 g/mol. The molecule has 98 valence electrons. The Bertz CT molecular complexity index is 529. The van der Waals surface area contributed by atoms with Crippen LogP contribution in [0.4, 0.5) is 5.82 Å². The number of nitrogen functional groups attached to an aromatic ring is 1. The van der Waals surface area contributed by atoms with Crippen LogP contribution in [0.2, 0.25) is 0 Å². The van der Waals surface area contributed by atoms with Gasteiger partial charge in [0.15, 0.2) is 11.5 Å². The molecule has 0 aliphatic carbocycles. The number of rotatable bonds is 5. The number of aromatic nitrogens is 4. The summed E-state index contributed by atoms with van der Waals surface area (Å²) in [5, 5.41) is 0. The zero-order valence-corrected chi connectivity index (χ0v) is 11.3. The lowest BCUT2D eigenvalue weighted by Crippen LogP contribution is -2.05. The maximum Gasteiger partial charge on any atom is 0.165 e. The smallest absolute Gasteiger partial charge is 0.165 e. The molecule has 2 N–H and O–H groups in total. The van der Waals surface area contributed by atoms with Crippen LogP contribution in [0, 0.1) is 0 Å². The van der Waals surface area contributed by atoms with Gasteiger partial charge in [-0.3, -0.25) is 0 Å². The molecule has 2 heterocycles. The summed E-state index contributed by atoms with van der Waals surface area (Å²) in [7, 11) is 0. The average molecular weight is 247 g/mol. The number of anilines is 1. The summed E-state index contributed by atoms with van der Waals surface area (Å²) < 4.78 is 2.04. The topological polar surface area (TPSA) is 69.6 Å². The Morgan fingerprint density at radius 1 is 1.28 bits per heavy atom. The molecule has 0 bridgehead atoms. The number of imidazole rings is 1. The van der Waals surface area contributed by atoms with Gasteiger partial charge in [-0.25, -0.2) is 15.0 Å². The molecule has 0 unspecified atom stereocenters. The van der Waals surface area contributed by atoms with Gasteiger partial charge in [-0.1, -0.05) is 19.8 Å². The first kappa shape index (κ1) is 12.8. The summed E-state index contributed by atoms with van der Waals surface area (Å²) in [6.07, 6.45) is 6.18. The lowest BCUT2D eigenvalue weighted by atomic mass is 10.2. The van der Waals surface area contributed by atoms with Crippen molar-refractivity contribution < 1.29 is 0 Å². The summed E-state index contributed by atoms with van der Waals surface area (Å²) in [4.78, 5) is 13.2. The van der Waals surface area contributed by atoms with Gasteiger partial charge in [-0.15, -0.1) is 0 Å². The van der Waals surface area contributed by atoms with Gasteiger partial charge in [0, 0.05) is 12.5 Å². The van der Waals surface area contributed by atoms with Gasteiger partial charge < -0.3 is 10.3 Å². The zero-order valence-electron chi connectivity index (χ0n) is 11.3. The predicted octanol–water partition coefficient (Wildman–Crippen LogP) is 2.72. The molecule has 0 aliphatic heterocycles. The standard InChI is InChI=1S/C13H21N5/c1-4-5-6-7-10-16-12(14)11-13(17-10)18(8-15-11)9(2)3/h8-9H,4-7H2,1-3H3,(H2,14,16,17). The molecule has 5 nitrogen and oxygen atoms in total. The average Bonchev–Trinajstić information content (AvgIpc) is 2.73. The SMILES string of the molecule is CCCCCc1nc(N)c2ncn(C(C)C)c2n1. The second-order valence-electron chi connectivity index (χ2n) is 4.90. The van der Waals surface area contributed by atoms with Gasteiger partial charge in [-0.2, -0.15) is 0 Å². The van der Waals surface area contributed by atoms with Gasteiger partial charge in [-0.05, 0) is 20.3 Å². The number of hydrogen-bond acceptors (Lipinski definition) is 4. The maximum atomic E-state index is 5.95. The Morgan fingerprint density at radius 3 is 2.72 bits per heavy atom. The van der Waals surface area contributed by atoms with E-state index in [0.717, 1.165) is 24.3 Å². The molecule has 18 heavy (non-hydrogen) atoms. The molecule has 0 radical (unpaired) electrons. The van der Waals surface area contributed by atoms with Crippen molar-refractivity contribution in [3.63, 3.8) is 0 Å². The predicted molar refractivity (Wildman–Crippen MR) is 73.3 cm³/mol.